The summed E-state index contributed by atoms with van der Waals surface area (Å²) < 4.78 is 0.772. The number of pyridine rings is 1. The van der Waals surface area contributed by atoms with Gasteiger partial charge < -0.3 is 11.1 Å². The van der Waals surface area contributed by atoms with Crippen molar-refractivity contribution in [1.29, 1.82) is 0 Å². The number of hydrogen-bond donors (Lipinski definition) is 2. The van der Waals surface area contributed by atoms with E-state index in [0.29, 0.717) is 18.3 Å². The number of halogens is 1. The van der Waals surface area contributed by atoms with E-state index in [0.717, 1.165) is 10.9 Å². The Morgan fingerprint density at radius 1 is 1.59 bits per heavy atom. The summed E-state index contributed by atoms with van der Waals surface area (Å²) in [5.74, 6) is 0.755. The van der Waals surface area contributed by atoms with Crippen LogP contribution in [0.15, 0.2) is 22.8 Å². The Kier molecular flexibility index (Phi) is 5.58. The molecule has 1 heterocycles. The molecule has 0 aliphatic carbocycles. The van der Waals surface area contributed by atoms with Gasteiger partial charge in [-0.15, -0.1) is 0 Å². The van der Waals surface area contributed by atoms with Gasteiger partial charge in [0.2, 0.25) is 5.91 Å². The normalized spacial score (nSPS) is 12.5. The fourth-order valence-electron chi connectivity index (χ4n) is 1.58. The molecule has 17 heavy (non-hydrogen) atoms. The molecule has 94 valence electrons. The Hall–Kier alpha value is -0.940. The van der Waals surface area contributed by atoms with Crippen LogP contribution < -0.4 is 11.1 Å². The van der Waals surface area contributed by atoms with Crippen LogP contribution in [0, 0.1) is 11.8 Å². The highest BCUT2D eigenvalue weighted by molar-refractivity contribution is 9.10. The standard InChI is InChI=1S/C12H18BrN3O/c1-8(2)6-9(7-14)12(17)16-11-10(13)4-3-5-15-11/h3-5,8-9H,6-7,14H2,1-2H3,(H,15,16,17). The number of rotatable bonds is 5. The predicted octanol–water partition coefficient (Wildman–Crippen LogP) is 2.40. The highest BCUT2D eigenvalue weighted by Gasteiger charge is 2.19. The molecule has 1 rings (SSSR count). The van der Waals surface area contributed by atoms with Gasteiger partial charge in [-0.25, -0.2) is 4.98 Å². The maximum absolute atomic E-state index is 12.0. The first-order valence-corrected chi connectivity index (χ1v) is 6.45. The minimum absolute atomic E-state index is 0.0689. The van der Waals surface area contributed by atoms with Gasteiger partial charge in [0.15, 0.2) is 0 Å². The lowest BCUT2D eigenvalue weighted by molar-refractivity contribution is -0.120. The van der Waals surface area contributed by atoms with Crippen molar-refractivity contribution in [2.45, 2.75) is 20.3 Å². The van der Waals surface area contributed by atoms with Gasteiger partial charge >= 0.3 is 0 Å². The third-order valence-electron chi connectivity index (χ3n) is 2.41. The summed E-state index contributed by atoms with van der Waals surface area (Å²) in [6.07, 6.45) is 2.42. The fourth-order valence-corrected chi connectivity index (χ4v) is 1.93. The van der Waals surface area contributed by atoms with Gasteiger partial charge in [0, 0.05) is 12.7 Å². The summed E-state index contributed by atoms with van der Waals surface area (Å²) in [4.78, 5) is 16.1. The summed E-state index contributed by atoms with van der Waals surface area (Å²) in [6.45, 7) is 4.51. The van der Waals surface area contributed by atoms with Crippen molar-refractivity contribution in [3.8, 4) is 0 Å². The lowest BCUT2D eigenvalue weighted by Crippen LogP contribution is -2.30. The first-order chi connectivity index (χ1) is 8.04. The van der Waals surface area contributed by atoms with E-state index in [4.69, 9.17) is 5.73 Å². The molecule has 0 aliphatic rings. The largest absolute Gasteiger partial charge is 0.330 e. The van der Waals surface area contributed by atoms with Crippen LogP contribution in [0.2, 0.25) is 0 Å². The van der Waals surface area contributed by atoms with E-state index >= 15 is 0 Å². The molecular weight excluding hydrogens is 282 g/mol. The summed E-state index contributed by atoms with van der Waals surface area (Å²) in [5, 5.41) is 2.79. The van der Waals surface area contributed by atoms with Crippen LogP contribution in [0.1, 0.15) is 20.3 Å². The van der Waals surface area contributed by atoms with E-state index in [-0.39, 0.29) is 11.8 Å². The van der Waals surface area contributed by atoms with Crippen LogP contribution in [0.25, 0.3) is 0 Å². The van der Waals surface area contributed by atoms with E-state index in [2.05, 4.69) is 40.1 Å². The van der Waals surface area contributed by atoms with E-state index < -0.39 is 0 Å². The summed E-state index contributed by atoms with van der Waals surface area (Å²) in [6, 6.07) is 3.64. The van der Waals surface area contributed by atoms with E-state index in [1.54, 1.807) is 12.3 Å². The number of amides is 1. The molecule has 0 bridgehead atoms. The number of carbonyl (C=O) groups excluding carboxylic acids is 1. The van der Waals surface area contributed by atoms with Gasteiger partial charge in [0.1, 0.15) is 5.82 Å². The molecule has 1 aromatic rings. The smallest absolute Gasteiger partial charge is 0.229 e. The maximum atomic E-state index is 12.0. The van der Waals surface area contributed by atoms with Crippen LogP contribution >= 0.6 is 15.9 Å². The molecular formula is C12H18BrN3O. The maximum Gasteiger partial charge on any atom is 0.229 e. The molecule has 3 N–H and O–H groups in total. The van der Waals surface area contributed by atoms with Crippen molar-refractivity contribution in [3.05, 3.63) is 22.8 Å². The molecule has 5 heteroatoms. The minimum Gasteiger partial charge on any atom is -0.330 e. The van der Waals surface area contributed by atoms with Crippen LogP contribution in [-0.4, -0.2) is 17.4 Å². The van der Waals surface area contributed by atoms with Crippen LogP contribution in [0.4, 0.5) is 5.82 Å². The molecule has 4 nitrogen and oxygen atoms in total. The van der Waals surface area contributed by atoms with Crippen molar-refractivity contribution in [3.63, 3.8) is 0 Å². The summed E-state index contributed by atoms with van der Waals surface area (Å²) in [5.41, 5.74) is 5.62. The van der Waals surface area contributed by atoms with Gasteiger partial charge in [-0.2, -0.15) is 0 Å². The van der Waals surface area contributed by atoms with Gasteiger partial charge in [0.05, 0.1) is 10.4 Å². The van der Waals surface area contributed by atoms with Crippen molar-refractivity contribution in [2.75, 3.05) is 11.9 Å². The van der Waals surface area contributed by atoms with Crippen LogP contribution in [0.5, 0.6) is 0 Å². The fraction of sp³-hybridized carbons (Fsp3) is 0.500. The topological polar surface area (TPSA) is 68.0 Å². The first-order valence-electron chi connectivity index (χ1n) is 5.66. The van der Waals surface area contributed by atoms with Crippen LogP contribution in [0.3, 0.4) is 0 Å². The lowest BCUT2D eigenvalue weighted by Gasteiger charge is -2.16. The highest BCUT2D eigenvalue weighted by Crippen LogP contribution is 2.20. The zero-order valence-corrected chi connectivity index (χ0v) is 11.7. The number of nitrogens with zero attached hydrogens (tertiary/aromatic N) is 1. The molecule has 0 radical (unpaired) electrons. The Morgan fingerprint density at radius 3 is 2.82 bits per heavy atom. The monoisotopic (exact) mass is 299 g/mol. The van der Waals surface area contributed by atoms with Crippen molar-refractivity contribution >= 4 is 27.7 Å². The highest BCUT2D eigenvalue weighted by atomic mass is 79.9. The number of nitrogens with one attached hydrogen (secondary N) is 1. The van der Waals surface area contributed by atoms with E-state index in [1.807, 2.05) is 6.07 Å². The molecule has 0 aromatic carbocycles. The zero-order chi connectivity index (χ0) is 12.8. The molecule has 1 aromatic heterocycles. The molecule has 1 amide bonds. The molecule has 0 saturated carbocycles. The third-order valence-corrected chi connectivity index (χ3v) is 3.05. The second kappa shape index (κ2) is 6.71. The summed E-state index contributed by atoms with van der Waals surface area (Å²) >= 11 is 3.34. The summed E-state index contributed by atoms with van der Waals surface area (Å²) in [7, 11) is 0. The van der Waals surface area contributed by atoms with E-state index in [9.17, 15) is 4.79 Å². The number of aromatic nitrogens is 1. The van der Waals surface area contributed by atoms with Crippen molar-refractivity contribution in [1.82, 2.24) is 4.98 Å². The Balaban J connectivity index is 2.67. The molecule has 0 aliphatic heterocycles. The van der Waals surface area contributed by atoms with Gasteiger partial charge in [-0.05, 0) is 40.4 Å². The Morgan fingerprint density at radius 2 is 2.29 bits per heavy atom. The lowest BCUT2D eigenvalue weighted by atomic mass is 9.96. The number of anilines is 1. The average molecular weight is 300 g/mol. The second-order valence-electron chi connectivity index (χ2n) is 4.39. The number of carbonyl (C=O) groups is 1. The van der Waals surface area contributed by atoms with Gasteiger partial charge in [0.25, 0.3) is 0 Å². The van der Waals surface area contributed by atoms with Crippen LogP contribution in [-0.2, 0) is 4.79 Å². The molecule has 0 saturated heterocycles. The van der Waals surface area contributed by atoms with Gasteiger partial charge in [-0.3, -0.25) is 4.79 Å². The molecule has 0 fully saturated rings. The zero-order valence-electron chi connectivity index (χ0n) is 10.1. The second-order valence-corrected chi connectivity index (χ2v) is 5.24. The number of hydrogen-bond acceptors (Lipinski definition) is 3. The minimum atomic E-state index is -0.163. The van der Waals surface area contributed by atoms with Gasteiger partial charge in [-0.1, -0.05) is 13.8 Å². The van der Waals surface area contributed by atoms with Crippen molar-refractivity contribution < 1.29 is 4.79 Å². The first kappa shape index (κ1) is 14.1. The van der Waals surface area contributed by atoms with E-state index in [1.165, 1.54) is 0 Å². The SMILES string of the molecule is CC(C)CC(CN)C(=O)Nc1ncccc1Br. The Labute approximate surface area is 110 Å². The molecule has 1 unspecified atom stereocenters. The number of nitrogens with two attached hydrogens (primary N) is 1. The van der Waals surface area contributed by atoms with Crippen molar-refractivity contribution in [2.24, 2.45) is 17.6 Å². The average Bonchev–Trinajstić information content (AvgIpc) is 2.28. The third kappa shape index (κ3) is 4.44. The Bertz CT molecular complexity index is 382. The molecule has 1 atom stereocenters. The quantitative estimate of drug-likeness (QED) is 0.877. The molecule has 0 spiro atoms. The predicted molar refractivity (Wildman–Crippen MR) is 72.6 cm³/mol.